The fourth-order valence-corrected chi connectivity index (χ4v) is 2.39. The molecule has 2 N–H and O–H groups in total. The van der Waals surface area contributed by atoms with Crippen LogP contribution in [0.1, 0.15) is 36.1 Å². The van der Waals surface area contributed by atoms with Gasteiger partial charge in [-0.25, -0.2) is 0 Å². The topological polar surface area (TPSA) is 35.2 Å². The zero-order valence-electron chi connectivity index (χ0n) is 13.2. The van der Waals surface area contributed by atoms with Crippen LogP contribution in [-0.4, -0.2) is 6.04 Å². The molecular formula is C19H25NO. The first-order chi connectivity index (χ1) is 10.1. The lowest BCUT2D eigenvalue weighted by Crippen LogP contribution is -2.18. The van der Waals surface area contributed by atoms with E-state index in [1.807, 2.05) is 13.0 Å². The van der Waals surface area contributed by atoms with E-state index >= 15 is 0 Å². The predicted octanol–water partition coefficient (Wildman–Crippen LogP) is 4.03. The van der Waals surface area contributed by atoms with Gasteiger partial charge in [-0.3, -0.25) is 0 Å². The van der Waals surface area contributed by atoms with E-state index in [2.05, 4.69) is 50.2 Å². The second kappa shape index (κ2) is 7.28. The Balaban J connectivity index is 2.07. The standard InChI is InChI=1S/C19H25NO/c1-4-16-6-8-17(9-7-16)13-21-19-10-5-14(2)11-18(19)12-15(3)20/h5-11,15H,4,12-13,20H2,1-3H3. The Morgan fingerprint density at radius 2 is 1.71 bits per heavy atom. The minimum atomic E-state index is 0.137. The van der Waals surface area contributed by atoms with Crippen molar-refractivity contribution in [3.63, 3.8) is 0 Å². The Morgan fingerprint density at radius 3 is 2.33 bits per heavy atom. The first-order valence-corrected chi connectivity index (χ1v) is 7.64. The number of ether oxygens (including phenoxy) is 1. The van der Waals surface area contributed by atoms with Gasteiger partial charge >= 0.3 is 0 Å². The van der Waals surface area contributed by atoms with Crippen LogP contribution < -0.4 is 10.5 Å². The summed E-state index contributed by atoms with van der Waals surface area (Å²) >= 11 is 0. The molecule has 0 fully saturated rings. The van der Waals surface area contributed by atoms with Gasteiger partial charge in [0, 0.05) is 6.04 Å². The van der Waals surface area contributed by atoms with E-state index < -0.39 is 0 Å². The molecule has 21 heavy (non-hydrogen) atoms. The van der Waals surface area contributed by atoms with Gasteiger partial charge in [-0.2, -0.15) is 0 Å². The van der Waals surface area contributed by atoms with Crippen molar-refractivity contribution < 1.29 is 4.74 Å². The zero-order chi connectivity index (χ0) is 15.2. The highest BCUT2D eigenvalue weighted by Gasteiger charge is 2.07. The van der Waals surface area contributed by atoms with Crippen LogP contribution in [0, 0.1) is 6.92 Å². The Kier molecular flexibility index (Phi) is 5.40. The molecule has 0 amide bonds. The minimum Gasteiger partial charge on any atom is -0.489 e. The quantitative estimate of drug-likeness (QED) is 0.869. The number of hydrogen-bond acceptors (Lipinski definition) is 2. The normalized spacial score (nSPS) is 12.2. The average molecular weight is 283 g/mol. The molecule has 0 saturated heterocycles. The molecule has 0 aliphatic rings. The molecule has 1 atom stereocenters. The van der Waals surface area contributed by atoms with Gasteiger partial charge in [0.25, 0.3) is 0 Å². The maximum absolute atomic E-state index is 6.00. The molecular weight excluding hydrogens is 258 g/mol. The summed E-state index contributed by atoms with van der Waals surface area (Å²) in [5.74, 6) is 0.942. The van der Waals surface area contributed by atoms with Gasteiger partial charge in [0.2, 0.25) is 0 Å². The molecule has 0 heterocycles. The summed E-state index contributed by atoms with van der Waals surface area (Å²) in [5, 5.41) is 0. The molecule has 2 nitrogen and oxygen atoms in total. The van der Waals surface area contributed by atoms with Crippen molar-refractivity contribution in [1.29, 1.82) is 0 Å². The maximum Gasteiger partial charge on any atom is 0.123 e. The van der Waals surface area contributed by atoms with E-state index in [1.54, 1.807) is 0 Å². The van der Waals surface area contributed by atoms with Gasteiger partial charge in [0.15, 0.2) is 0 Å². The van der Waals surface area contributed by atoms with E-state index in [9.17, 15) is 0 Å². The van der Waals surface area contributed by atoms with Gasteiger partial charge in [0.05, 0.1) is 0 Å². The lowest BCUT2D eigenvalue weighted by atomic mass is 10.0. The summed E-state index contributed by atoms with van der Waals surface area (Å²) < 4.78 is 6.00. The maximum atomic E-state index is 6.00. The third-order valence-corrected chi connectivity index (χ3v) is 3.58. The molecule has 2 aromatic carbocycles. The third kappa shape index (κ3) is 4.61. The Labute approximate surface area is 127 Å². The van der Waals surface area contributed by atoms with Crippen molar-refractivity contribution >= 4 is 0 Å². The van der Waals surface area contributed by atoms with Crippen LogP contribution in [-0.2, 0) is 19.4 Å². The van der Waals surface area contributed by atoms with Crippen LogP contribution in [0.2, 0.25) is 0 Å². The first kappa shape index (κ1) is 15.6. The summed E-state index contributed by atoms with van der Waals surface area (Å²) in [5.41, 5.74) is 10.9. The highest BCUT2D eigenvalue weighted by Crippen LogP contribution is 2.22. The highest BCUT2D eigenvalue weighted by atomic mass is 16.5. The van der Waals surface area contributed by atoms with Gasteiger partial charge < -0.3 is 10.5 Å². The van der Waals surface area contributed by atoms with Crippen molar-refractivity contribution in [2.24, 2.45) is 5.73 Å². The van der Waals surface area contributed by atoms with Crippen molar-refractivity contribution in [2.45, 2.75) is 46.3 Å². The Bertz CT molecular complexity index is 573. The van der Waals surface area contributed by atoms with Crippen molar-refractivity contribution in [1.82, 2.24) is 0 Å². The predicted molar refractivity (Wildman–Crippen MR) is 88.7 cm³/mol. The van der Waals surface area contributed by atoms with E-state index in [4.69, 9.17) is 10.5 Å². The molecule has 0 aliphatic carbocycles. The summed E-state index contributed by atoms with van der Waals surface area (Å²) in [6.45, 7) is 6.88. The fourth-order valence-electron chi connectivity index (χ4n) is 2.39. The third-order valence-electron chi connectivity index (χ3n) is 3.58. The van der Waals surface area contributed by atoms with Gasteiger partial charge in [-0.1, -0.05) is 48.9 Å². The molecule has 0 saturated carbocycles. The number of rotatable bonds is 6. The van der Waals surface area contributed by atoms with E-state index in [1.165, 1.54) is 22.3 Å². The van der Waals surface area contributed by atoms with Crippen LogP contribution in [0.15, 0.2) is 42.5 Å². The molecule has 0 aliphatic heterocycles. The van der Waals surface area contributed by atoms with E-state index in [-0.39, 0.29) is 6.04 Å². The molecule has 2 aromatic rings. The highest BCUT2D eigenvalue weighted by molar-refractivity contribution is 5.37. The van der Waals surface area contributed by atoms with E-state index in [0.717, 1.165) is 18.6 Å². The average Bonchev–Trinajstić information content (AvgIpc) is 2.46. The number of hydrogen-bond donors (Lipinski definition) is 1. The number of nitrogens with two attached hydrogens (primary N) is 1. The fraction of sp³-hybridized carbons (Fsp3) is 0.368. The lowest BCUT2D eigenvalue weighted by Gasteiger charge is -2.14. The van der Waals surface area contributed by atoms with Gasteiger partial charge in [-0.15, -0.1) is 0 Å². The van der Waals surface area contributed by atoms with Crippen LogP contribution in [0.25, 0.3) is 0 Å². The van der Waals surface area contributed by atoms with Crippen LogP contribution in [0.3, 0.4) is 0 Å². The molecule has 0 bridgehead atoms. The minimum absolute atomic E-state index is 0.137. The lowest BCUT2D eigenvalue weighted by molar-refractivity contribution is 0.302. The number of aryl methyl sites for hydroxylation is 2. The van der Waals surface area contributed by atoms with Crippen molar-refractivity contribution in [3.05, 3.63) is 64.7 Å². The molecule has 1 unspecified atom stereocenters. The Hall–Kier alpha value is -1.80. The van der Waals surface area contributed by atoms with Gasteiger partial charge in [0.1, 0.15) is 12.4 Å². The molecule has 0 radical (unpaired) electrons. The monoisotopic (exact) mass is 283 g/mol. The smallest absolute Gasteiger partial charge is 0.123 e. The molecule has 0 aromatic heterocycles. The molecule has 2 rings (SSSR count). The molecule has 0 spiro atoms. The largest absolute Gasteiger partial charge is 0.489 e. The second-order valence-corrected chi connectivity index (χ2v) is 5.75. The Morgan fingerprint density at radius 1 is 1.05 bits per heavy atom. The van der Waals surface area contributed by atoms with Crippen LogP contribution in [0.4, 0.5) is 0 Å². The summed E-state index contributed by atoms with van der Waals surface area (Å²) in [6.07, 6.45) is 1.91. The van der Waals surface area contributed by atoms with Gasteiger partial charge in [-0.05, 0) is 49.4 Å². The zero-order valence-corrected chi connectivity index (χ0v) is 13.2. The molecule has 112 valence electrons. The SMILES string of the molecule is CCc1ccc(COc2ccc(C)cc2CC(C)N)cc1. The van der Waals surface area contributed by atoms with Crippen molar-refractivity contribution in [2.75, 3.05) is 0 Å². The second-order valence-electron chi connectivity index (χ2n) is 5.75. The number of benzene rings is 2. The van der Waals surface area contributed by atoms with E-state index in [0.29, 0.717) is 6.61 Å². The molecule has 2 heteroatoms. The summed E-state index contributed by atoms with van der Waals surface area (Å²) in [6, 6.07) is 15.0. The first-order valence-electron chi connectivity index (χ1n) is 7.64. The summed E-state index contributed by atoms with van der Waals surface area (Å²) in [4.78, 5) is 0. The van der Waals surface area contributed by atoms with Crippen LogP contribution in [0.5, 0.6) is 5.75 Å². The van der Waals surface area contributed by atoms with Crippen LogP contribution >= 0.6 is 0 Å². The summed E-state index contributed by atoms with van der Waals surface area (Å²) in [7, 11) is 0. The van der Waals surface area contributed by atoms with Crippen molar-refractivity contribution in [3.8, 4) is 5.75 Å².